The van der Waals surface area contributed by atoms with E-state index in [1.807, 2.05) is 6.07 Å². The van der Waals surface area contributed by atoms with E-state index in [1.54, 1.807) is 12.3 Å². The summed E-state index contributed by atoms with van der Waals surface area (Å²) in [4.78, 5) is 16.1. The third-order valence-corrected chi connectivity index (χ3v) is 5.23. The molecule has 0 radical (unpaired) electrons. The Balaban J connectivity index is 1.71. The first-order valence-electron chi connectivity index (χ1n) is 8.61. The van der Waals surface area contributed by atoms with E-state index in [9.17, 15) is 9.90 Å². The van der Waals surface area contributed by atoms with Crippen molar-refractivity contribution < 1.29 is 19.4 Å². The molecule has 1 N–H and O–H groups in total. The molecular weight excluding hydrogens is 294 g/mol. The normalized spacial score (nSPS) is 21.7. The monoisotopic (exact) mass is 319 g/mol. The lowest BCUT2D eigenvalue weighted by atomic mass is 9.74. The van der Waals surface area contributed by atoms with Crippen LogP contribution in [0.15, 0.2) is 18.3 Å². The number of aliphatic carboxylic acids is 1. The van der Waals surface area contributed by atoms with Crippen molar-refractivity contribution in [2.45, 2.75) is 50.4 Å². The van der Waals surface area contributed by atoms with E-state index in [0.29, 0.717) is 44.5 Å². The van der Waals surface area contributed by atoms with E-state index in [1.165, 1.54) is 32.1 Å². The maximum absolute atomic E-state index is 11.9. The Labute approximate surface area is 137 Å². The number of carboxylic acids is 1. The zero-order valence-corrected chi connectivity index (χ0v) is 13.5. The van der Waals surface area contributed by atoms with Crippen LogP contribution in [-0.2, 0) is 14.9 Å². The van der Waals surface area contributed by atoms with Crippen molar-refractivity contribution in [3.63, 3.8) is 0 Å². The maximum Gasteiger partial charge on any atom is 0.314 e. The Hall–Kier alpha value is -1.62. The molecule has 1 aromatic heterocycles. The molecule has 1 aliphatic heterocycles. The third-order valence-electron chi connectivity index (χ3n) is 5.23. The van der Waals surface area contributed by atoms with E-state index in [2.05, 4.69) is 4.98 Å². The van der Waals surface area contributed by atoms with Gasteiger partial charge in [0.05, 0.1) is 12.0 Å². The fourth-order valence-corrected chi connectivity index (χ4v) is 3.69. The number of carboxylic acid groups (broad SMARTS) is 1. The van der Waals surface area contributed by atoms with Crippen molar-refractivity contribution in [3.8, 4) is 5.88 Å². The van der Waals surface area contributed by atoms with Crippen molar-refractivity contribution in [2.75, 3.05) is 19.8 Å². The molecule has 1 aliphatic carbocycles. The Kier molecular flexibility index (Phi) is 5.16. The van der Waals surface area contributed by atoms with Crippen LogP contribution < -0.4 is 4.74 Å². The van der Waals surface area contributed by atoms with Gasteiger partial charge >= 0.3 is 5.97 Å². The van der Waals surface area contributed by atoms with E-state index in [-0.39, 0.29) is 0 Å². The summed E-state index contributed by atoms with van der Waals surface area (Å²) < 4.78 is 11.2. The third kappa shape index (κ3) is 3.66. The van der Waals surface area contributed by atoms with Crippen LogP contribution in [-0.4, -0.2) is 35.9 Å². The number of hydrogen-bond donors (Lipinski definition) is 1. The topological polar surface area (TPSA) is 68.7 Å². The summed E-state index contributed by atoms with van der Waals surface area (Å²) in [6.07, 6.45) is 8.97. The standard InChI is InChI=1S/C18H25NO4/c20-17(21)18(7-10-22-11-8-18)15-6-9-19-16(12-15)23-13-14-4-2-1-3-5-14/h6,9,12,14H,1-5,7-8,10-11,13H2,(H,20,21). The van der Waals surface area contributed by atoms with Crippen LogP contribution in [0.2, 0.25) is 0 Å². The van der Waals surface area contributed by atoms with Gasteiger partial charge < -0.3 is 14.6 Å². The molecule has 5 nitrogen and oxygen atoms in total. The van der Waals surface area contributed by atoms with Gasteiger partial charge in [0.25, 0.3) is 0 Å². The smallest absolute Gasteiger partial charge is 0.314 e. The maximum atomic E-state index is 11.9. The minimum absolute atomic E-state index is 0.479. The number of nitrogens with zero attached hydrogens (tertiary/aromatic N) is 1. The molecule has 3 rings (SSSR count). The van der Waals surface area contributed by atoms with Crippen molar-refractivity contribution in [2.24, 2.45) is 5.92 Å². The fraction of sp³-hybridized carbons (Fsp3) is 0.667. The summed E-state index contributed by atoms with van der Waals surface area (Å²) in [5.41, 5.74) is -0.0913. The summed E-state index contributed by atoms with van der Waals surface area (Å²) in [5, 5.41) is 9.75. The zero-order valence-electron chi connectivity index (χ0n) is 13.5. The van der Waals surface area contributed by atoms with Gasteiger partial charge in [-0.2, -0.15) is 0 Å². The van der Waals surface area contributed by atoms with Gasteiger partial charge in [-0.3, -0.25) is 4.79 Å². The van der Waals surface area contributed by atoms with E-state index >= 15 is 0 Å². The van der Waals surface area contributed by atoms with Gasteiger partial charge in [0, 0.05) is 25.5 Å². The first-order valence-corrected chi connectivity index (χ1v) is 8.61. The number of pyridine rings is 1. The van der Waals surface area contributed by atoms with E-state index in [0.717, 1.165) is 5.56 Å². The van der Waals surface area contributed by atoms with Crippen LogP contribution in [0.25, 0.3) is 0 Å². The predicted octanol–water partition coefficient (Wildman–Crippen LogP) is 3.17. The SMILES string of the molecule is O=C(O)C1(c2ccnc(OCC3CCCCC3)c2)CCOCC1. The minimum atomic E-state index is -0.871. The van der Waals surface area contributed by atoms with Crippen LogP contribution in [0.3, 0.4) is 0 Å². The lowest BCUT2D eigenvalue weighted by molar-refractivity contribution is -0.147. The summed E-state index contributed by atoms with van der Waals surface area (Å²) in [7, 11) is 0. The second-order valence-corrected chi connectivity index (χ2v) is 6.70. The minimum Gasteiger partial charge on any atom is -0.481 e. The van der Waals surface area contributed by atoms with Crippen molar-refractivity contribution >= 4 is 5.97 Å². The second kappa shape index (κ2) is 7.30. The lowest BCUT2D eigenvalue weighted by Gasteiger charge is -2.33. The van der Waals surface area contributed by atoms with Gasteiger partial charge in [-0.25, -0.2) is 4.98 Å². The van der Waals surface area contributed by atoms with Crippen LogP contribution >= 0.6 is 0 Å². The van der Waals surface area contributed by atoms with Gasteiger partial charge in [0.15, 0.2) is 0 Å². The van der Waals surface area contributed by atoms with Gasteiger partial charge in [-0.15, -0.1) is 0 Å². The molecule has 0 unspecified atom stereocenters. The van der Waals surface area contributed by atoms with Gasteiger partial charge in [0.1, 0.15) is 0 Å². The van der Waals surface area contributed by atoms with Gasteiger partial charge in [-0.05, 0) is 43.2 Å². The highest BCUT2D eigenvalue weighted by Crippen LogP contribution is 2.36. The molecule has 2 heterocycles. The summed E-state index contributed by atoms with van der Waals surface area (Å²) in [6.45, 7) is 1.64. The molecule has 1 saturated carbocycles. The molecule has 0 amide bonds. The summed E-state index contributed by atoms with van der Waals surface area (Å²) >= 11 is 0. The van der Waals surface area contributed by atoms with Crippen LogP contribution in [0.1, 0.15) is 50.5 Å². The first-order chi connectivity index (χ1) is 11.2. The molecule has 0 aromatic carbocycles. The van der Waals surface area contributed by atoms with Crippen molar-refractivity contribution in [1.82, 2.24) is 4.98 Å². The van der Waals surface area contributed by atoms with E-state index < -0.39 is 11.4 Å². The quantitative estimate of drug-likeness (QED) is 0.903. The highest BCUT2D eigenvalue weighted by molar-refractivity contribution is 5.81. The molecule has 1 saturated heterocycles. The molecule has 2 fully saturated rings. The van der Waals surface area contributed by atoms with Gasteiger partial charge in [-0.1, -0.05) is 19.3 Å². The Morgan fingerprint density at radius 3 is 2.74 bits per heavy atom. The number of hydrogen-bond acceptors (Lipinski definition) is 4. The number of ether oxygens (including phenoxy) is 2. The molecule has 0 atom stereocenters. The number of carbonyl (C=O) groups is 1. The predicted molar refractivity (Wildman–Crippen MR) is 85.7 cm³/mol. The molecule has 126 valence electrons. The zero-order chi connectivity index (χ0) is 16.1. The lowest BCUT2D eigenvalue weighted by Crippen LogP contribution is -2.41. The highest BCUT2D eigenvalue weighted by Gasteiger charge is 2.42. The molecule has 0 spiro atoms. The molecule has 5 heteroatoms. The second-order valence-electron chi connectivity index (χ2n) is 6.70. The molecule has 1 aromatic rings. The average Bonchev–Trinajstić information content (AvgIpc) is 2.61. The number of rotatable bonds is 5. The largest absolute Gasteiger partial charge is 0.481 e. The molecule has 2 aliphatic rings. The Bertz CT molecular complexity index is 534. The highest BCUT2D eigenvalue weighted by atomic mass is 16.5. The fourth-order valence-electron chi connectivity index (χ4n) is 3.69. The van der Waals surface area contributed by atoms with Crippen LogP contribution in [0.5, 0.6) is 5.88 Å². The number of aromatic nitrogens is 1. The van der Waals surface area contributed by atoms with Gasteiger partial charge in [0.2, 0.25) is 5.88 Å². The first kappa shape index (κ1) is 16.2. The van der Waals surface area contributed by atoms with E-state index in [4.69, 9.17) is 9.47 Å². The van der Waals surface area contributed by atoms with Crippen molar-refractivity contribution in [1.29, 1.82) is 0 Å². The average molecular weight is 319 g/mol. The summed E-state index contributed by atoms with van der Waals surface area (Å²) in [5.74, 6) is 0.358. The van der Waals surface area contributed by atoms with Crippen molar-refractivity contribution in [3.05, 3.63) is 23.9 Å². The molecule has 23 heavy (non-hydrogen) atoms. The molecule has 0 bridgehead atoms. The van der Waals surface area contributed by atoms with Crippen LogP contribution in [0.4, 0.5) is 0 Å². The summed E-state index contributed by atoms with van der Waals surface area (Å²) in [6, 6.07) is 3.61. The Morgan fingerprint density at radius 1 is 1.30 bits per heavy atom. The Morgan fingerprint density at radius 2 is 2.04 bits per heavy atom. The molecular formula is C18H25NO4. The van der Waals surface area contributed by atoms with Crippen LogP contribution in [0, 0.1) is 5.92 Å².